The minimum atomic E-state index is 0.553. The minimum absolute atomic E-state index is 0.553. The number of aromatic nitrogens is 3. The first kappa shape index (κ1) is 30.8. The van der Waals surface area contributed by atoms with Crippen LogP contribution in [0.15, 0.2) is 103 Å². The fourth-order valence-corrected chi connectivity index (χ4v) is 7.64. The van der Waals surface area contributed by atoms with E-state index in [2.05, 4.69) is 137 Å². The van der Waals surface area contributed by atoms with Gasteiger partial charge in [0.15, 0.2) is 11.5 Å². The molecule has 4 aromatic carbocycles. The summed E-state index contributed by atoms with van der Waals surface area (Å²) >= 11 is 1.69. The average Bonchev–Trinajstić information content (AvgIpc) is 3.81. The molecule has 0 fully saturated rings. The monoisotopic (exact) mass is 664 g/mol. The molecule has 0 unspecified atom stereocenters. The van der Waals surface area contributed by atoms with E-state index in [0.717, 1.165) is 63.8 Å². The van der Waals surface area contributed by atoms with Gasteiger partial charge in [-0.3, -0.25) is 0 Å². The maximum absolute atomic E-state index is 6.11. The van der Waals surface area contributed by atoms with Crippen molar-refractivity contribution >= 4 is 68.5 Å². The van der Waals surface area contributed by atoms with Crippen molar-refractivity contribution in [3.63, 3.8) is 0 Å². The highest BCUT2D eigenvalue weighted by molar-refractivity contribution is 7.14. The lowest BCUT2D eigenvalue weighted by Gasteiger charge is -2.16. The van der Waals surface area contributed by atoms with Crippen molar-refractivity contribution < 1.29 is 14.0 Å². The predicted molar refractivity (Wildman–Crippen MR) is 203 cm³/mol. The summed E-state index contributed by atoms with van der Waals surface area (Å²) in [5, 5.41) is 11.3. The number of anilines is 1. The van der Waals surface area contributed by atoms with Crippen molar-refractivity contribution in [2.75, 3.05) is 38.8 Å². The molecule has 0 saturated carbocycles. The van der Waals surface area contributed by atoms with Gasteiger partial charge in [0.1, 0.15) is 25.3 Å². The summed E-state index contributed by atoms with van der Waals surface area (Å²) < 4.78 is 16.7. The quantitative estimate of drug-likeness (QED) is 0.0787. The Bertz CT molecular complexity index is 2270. The summed E-state index contributed by atoms with van der Waals surface area (Å²) in [4.78, 5) is 4.22. The van der Waals surface area contributed by atoms with Crippen LogP contribution in [0.5, 0.6) is 11.5 Å². The molecule has 49 heavy (non-hydrogen) atoms. The second-order valence-corrected chi connectivity index (χ2v) is 13.5. The normalized spacial score (nSPS) is 14.1. The van der Waals surface area contributed by atoms with Gasteiger partial charge in [-0.2, -0.15) is 4.58 Å². The number of fused-ring (bicyclic) bond motifs is 2. The second-order valence-electron chi connectivity index (χ2n) is 12.4. The molecule has 0 spiro atoms. The van der Waals surface area contributed by atoms with Gasteiger partial charge in [-0.05, 0) is 59.9 Å². The smallest absolute Gasteiger partial charge is 0.214 e. The summed E-state index contributed by atoms with van der Waals surface area (Å²) in [7, 11) is 4.11. The average molecular weight is 665 g/mol. The SMILES string of the molecule is CN(C)c1ccc(/C=C/c2sc(/C=C/C=C/C3=[N+](CCCCn4nnc5ccccc54)c4cccc5cccc3c45)c3c2OCCO3)cc1. The zero-order chi connectivity index (χ0) is 33.2. The number of nitrogens with zero attached hydrogens (tertiary/aromatic N) is 5. The first-order chi connectivity index (χ1) is 24.1. The summed E-state index contributed by atoms with van der Waals surface area (Å²) in [5.74, 6) is 1.66. The number of unbranched alkanes of at least 4 members (excludes halogenated alkanes) is 1. The highest BCUT2D eigenvalue weighted by Crippen LogP contribution is 2.45. The lowest BCUT2D eigenvalue weighted by Crippen LogP contribution is -2.14. The van der Waals surface area contributed by atoms with Crippen molar-refractivity contribution in [2.24, 2.45) is 0 Å². The molecule has 7 nitrogen and oxygen atoms in total. The van der Waals surface area contributed by atoms with Gasteiger partial charge >= 0.3 is 0 Å². The van der Waals surface area contributed by atoms with Crippen molar-refractivity contribution in [1.82, 2.24) is 15.0 Å². The predicted octanol–water partition coefficient (Wildman–Crippen LogP) is 8.85. The molecule has 0 bridgehead atoms. The van der Waals surface area contributed by atoms with Crippen LogP contribution in [0.1, 0.15) is 33.7 Å². The van der Waals surface area contributed by atoms with E-state index in [-0.39, 0.29) is 0 Å². The maximum atomic E-state index is 6.11. The van der Waals surface area contributed by atoms with Crippen molar-refractivity contribution in [1.29, 1.82) is 0 Å². The molecule has 0 amide bonds. The fourth-order valence-electron chi connectivity index (χ4n) is 6.63. The second kappa shape index (κ2) is 13.6. The van der Waals surface area contributed by atoms with Crippen LogP contribution in [0.2, 0.25) is 0 Å². The Morgan fingerprint density at radius 2 is 1.55 bits per heavy atom. The van der Waals surface area contributed by atoms with Crippen LogP contribution in [0.3, 0.4) is 0 Å². The Morgan fingerprint density at radius 3 is 2.37 bits per heavy atom. The zero-order valence-corrected chi connectivity index (χ0v) is 28.6. The van der Waals surface area contributed by atoms with E-state index in [4.69, 9.17) is 9.47 Å². The third-order valence-corrected chi connectivity index (χ3v) is 10.1. The van der Waals surface area contributed by atoms with Gasteiger partial charge in [0.2, 0.25) is 11.4 Å². The summed E-state index contributed by atoms with van der Waals surface area (Å²) in [6.07, 6.45) is 14.9. The van der Waals surface area contributed by atoms with E-state index < -0.39 is 0 Å². The fraction of sp³-hybridized carbons (Fsp3) is 0.195. The summed E-state index contributed by atoms with van der Waals surface area (Å²) in [6, 6.07) is 29.9. The molecule has 4 heterocycles. The lowest BCUT2D eigenvalue weighted by atomic mass is 10.0. The number of benzene rings is 4. The lowest BCUT2D eigenvalue weighted by molar-refractivity contribution is -0.436. The Labute approximate surface area is 290 Å². The number of rotatable bonds is 11. The van der Waals surface area contributed by atoms with Gasteiger partial charge in [-0.25, -0.2) is 4.68 Å². The van der Waals surface area contributed by atoms with Crippen molar-refractivity contribution in [3.05, 3.63) is 124 Å². The van der Waals surface area contributed by atoms with Gasteiger partial charge in [0, 0.05) is 44.9 Å². The molecule has 244 valence electrons. The van der Waals surface area contributed by atoms with Crippen LogP contribution in [-0.4, -0.2) is 59.1 Å². The van der Waals surface area contributed by atoms with E-state index >= 15 is 0 Å². The highest BCUT2D eigenvalue weighted by atomic mass is 32.1. The van der Waals surface area contributed by atoms with Gasteiger partial charge in [0.25, 0.3) is 0 Å². The van der Waals surface area contributed by atoms with Crippen LogP contribution >= 0.6 is 11.3 Å². The third kappa shape index (κ3) is 6.16. The van der Waals surface area contributed by atoms with Crippen LogP contribution in [0.25, 0.3) is 40.0 Å². The molecule has 8 rings (SSSR count). The molecule has 0 N–H and O–H groups in total. The number of hydrogen-bond acceptors (Lipinski definition) is 6. The van der Waals surface area contributed by atoms with Crippen LogP contribution < -0.4 is 14.4 Å². The summed E-state index contributed by atoms with van der Waals surface area (Å²) in [6.45, 7) is 2.87. The van der Waals surface area contributed by atoms with Crippen LogP contribution in [-0.2, 0) is 6.54 Å². The Kier molecular flexibility index (Phi) is 8.54. The Morgan fingerprint density at radius 1 is 0.796 bits per heavy atom. The zero-order valence-electron chi connectivity index (χ0n) is 27.8. The number of hydrogen-bond donors (Lipinski definition) is 0. The Hall–Kier alpha value is -5.47. The number of thiophene rings is 1. The molecular formula is C41H38N5O2S+. The van der Waals surface area contributed by atoms with E-state index in [9.17, 15) is 0 Å². The number of para-hydroxylation sites is 1. The molecule has 0 aliphatic carbocycles. The number of aryl methyl sites for hydroxylation is 1. The highest BCUT2D eigenvalue weighted by Gasteiger charge is 2.30. The Balaban J connectivity index is 1.02. The van der Waals surface area contributed by atoms with Crippen molar-refractivity contribution in [3.8, 4) is 11.5 Å². The van der Waals surface area contributed by atoms with Crippen molar-refractivity contribution in [2.45, 2.75) is 19.4 Å². The first-order valence-electron chi connectivity index (χ1n) is 16.8. The standard InChI is InChI=1S/C41H38N5O2S/c1-44(2)31-22-19-29(20-23-31)21-24-38-41-40(47-27-28-48-41)37(49-38)18-6-5-15-34-32-13-9-11-30-12-10-17-36(39(30)32)45(34)25-7-8-26-46-35-16-4-3-14-33(35)42-43-46/h3-6,9-24H,7-8,25-28H2,1-2H3/q+1. The maximum Gasteiger partial charge on any atom is 0.214 e. The molecule has 0 atom stereocenters. The van der Waals surface area contributed by atoms with E-state index in [1.165, 1.54) is 33.4 Å². The molecule has 6 aromatic rings. The topological polar surface area (TPSA) is 55.4 Å². The molecule has 2 aliphatic rings. The van der Waals surface area contributed by atoms with Crippen LogP contribution in [0, 0.1) is 0 Å². The van der Waals surface area contributed by atoms with E-state index in [0.29, 0.717) is 13.2 Å². The molecular weight excluding hydrogens is 627 g/mol. The van der Waals surface area contributed by atoms with Gasteiger partial charge < -0.3 is 14.4 Å². The molecule has 2 aliphatic heterocycles. The molecule has 0 radical (unpaired) electrons. The summed E-state index contributed by atoms with van der Waals surface area (Å²) in [5.41, 5.74) is 8.12. The van der Waals surface area contributed by atoms with Gasteiger partial charge in [-0.1, -0.05) is 72.0 Å². The number of ether oxygens (including phenoxy) is 2. The first-order valence-corrected chi connectivity index (χ1v) is 17.6. The van der Waals surface area contributed by atoms with Crippen LogP contribution in [0.4, 0.5) is 11.4 Å². The van der Waals surface area contributed by atoms with Gasteiger partial charge in [-0.15, -0.1) is 16.4 Å². The van der Waals surface area contributed by atoms with E-state index in [1.54, 1.807) is 11.3 Å². The molecule has 2 aromatic heterocycles. The van der Waals surface area contributed by atoms with E-state index in [1.807, 2.05) is 22.9 Å². The molecule has 0 saturated heterocycles. The van der Waals surface area contributed by atoms with Gasteiger partial charge in [0.05, 0.1) is 26.2 Å². The largest absolute Gasteiger partial charge is 0.485 e. The third-order valence-electron chi connectivity index (χ3n) is 9.06. The number of allylic oxidation sites excluding steroid dienone is 3. The minimum Gasteiger partial charge on any atom is -0.485 e. The molecule has 8 heteroatoms.